The highest BCUT2D eigenvalue weighted by atomic mass is 32.1. The molecule has 29 heavy (non-hydrogen) atoms. The lowest BCUT2D eigenvalue weighted by Gasteiger charge is -2.30. The minimum Gasteiger partial charge on any atom is -0.466 e. The minimum absolute atomic E-state index is 0.0324. The maximum atomic E-state index is 13.4. The number of thiophene rings is 1. The summed E-state index contributed by atoms with van der Waals surface area (Å²) in [5.74, 6) is -0.292. The molecular weight excluding hydrogens is 406 g/mol. The van der Waals surface area contributed by atoms with Gasteiger partial charge < -0.3 is 9.64 Å². The normalized spacial score (nSPS) is 16.9. The highest BCUT2D eigenvalue weighted by Crippen LogP contribution is 2.32. The third-order valence-electron chi connectivity index (χ3n) is 5.24. The molecule has 2 aromatic rings. The summed E-state index contributed by atoms with van der Waals surface area (Å²) in [4.78, 5) is 35.9. The van der Waals surface area contributed by atoms with Gasteiger partial charge in [0.05, 0.1) is 23.6 Å². The fraction of sp³-hybridized carbons (Fsp3) is 0.571. The fourth-order valence-electron chi connectivity index (χ4n) is 3.75. The van der Waals surface area contributed by atoms with Gasteiger partial charge in [-0.15, -0.1) is 22.7 Å². The van der Waals surface area contributed by atoms with Crippen LogP contribution in [0.1, 0.15) is 48.5 Å². The summed E-state index contributed by atoms with van der Waals surface area (Å²) in [7, 11) is 0. The summed E-state index contributed by atoms with van der Waals surface area (Å²) in [6.45, 7) is 9.26. The van der Waals surface area contributed by atoms with Gasteiger partial charge in [0.25, 0.3) is 5.91 Å². The first-order chi connectivity index (χ1) is 14.0. The second-order valence-electron chi connectivity index (χ2n) is 7.14. The van der Waals surface area contributed by atoms with E-state index in [1.54, 1.807) is 18.3 Å². The standard InChI is InChI=1S/C21H29N3O3S2/c1-4-23-11-6-8-16(23)14-24(12-10-18(25)27-5-2)21(26)19-15(3)22-20(29-19)17-9-7-13-28-17/h7,9,13,16H,4-6,8,10-12,14H2,1-3H3. The van der Waals surface area contributed by atoms with Crippen molar-refractivity contribution in [2.45, 2.75) is 46.1 Å². The topological polar surface area (TPSA) is 62.7 Å². The van der Waals surface area contributed by atoms with Gasteiger partial charge in [-0.3, -0.25) is 14.5 Å². The van der Waals surface area contributed by atoms with Gasteiger partial charge in [0.2, 0.25) is 0 Å². The van der Waals surface area contributed by atoms with E-state index in [0.29, 0.717) is 30.6 Å². The Morgan fingerprint density at radius 2 is 2.21 bits per heavy atom. The number of aryl methyl sites for hydroxylation is 1. The van der Waals surface area contributed by atoms with Crippen molar-refractivity contribution in [2.75, 3.05) is 32.8 Å². The molecule has 158 valence electrons. The van der Waals surface area contributed by atoms with Crippen molar-refractivity contribution in [3.05, 3.63) is 28.1 Å². The summed E-state index contributed by atoms with van der Waals surface area (Å²) in [5.41, 5.74) is 0.753. The van der Waals surface area contributed by atoms with E-state index in [1.165, 1.54) is 11.3 Å². The monoisotopic (exact) mass is 435 g/mol. The number of esters is 1. The van der Waals surface area contributed by atoms with Crippen molar-refractivity contribution in [1.29, 1.82) is 0 Å². The van der Waals surface area contributed by atoms with Crippen LogP contribution in [0.5, 0.6) is 0 Å². The molecule has 0 aliphatic carbocycles. The Kier molecular flexibility index (Phi) is 7.80. The van der Waals surface area contributed by atoms with Gasteiger partial charge in [0.1, 0.15) is 9.88 Å². The van der Waals surface area contributed by atoms with Gasteiger partial charge in [-0.2, -0.15) is 0 Å². The third kappa shape index (κ3) is 5.43. The van der Waals surface area contributed by atoms with Crippen molar-refractivity contribution < 1.29 is 14.3 Å². The first-order valence-corrected chi connectivity index (χ1v) is 11.9. The molecule has 0 radical (unpaired) electrons. The van der Waals surface area contributed by atoms with Crippen molar-refractivity contribution in [2.24, 2.45) is 0 Å². The van der Waals surface area contributed by atoms with Gasteiger partial charge >= 0.3 is 5.97 Å². The highest BCUT2D eigenvalue weighted by Gasteiger charge is 2.29. The van der Waals surface area contributed by atoms with Crippen LogP contribution in [-0.2, 0) is 9.53 Å². The molecule has 0 spiro atoms. The molecule has 1 atom stereocenters. The van der Waals surface area contributed by atoms with Crippen LogP contribution < -0.4 is 0 Å². The van der Waals surface area contributed by atoms with E-state index in [1.807, 2.05) is 29.3 Å². The first-order valence-electron chi connectivity index (χ1n) is 10.2. The number of amides is 1. The maximum Gasteiger partial charge on any atom is 0.307 e. The molecule has 2 aromatic heterocycles. The largest absolute Gasteiger partial charge is 0.466 e. The summed E-state index contributed by atoms with van der Waals surface area (Å²) >= 11 is 3.06. The molecule has 6 nitrogen and oxygen atoms in total. The molecule has 0 saturated carbocycles. The van der Waals surface area contributed by atoms with Crippen LogP contribution in [0, 0.1) is 6.92 Å². The smallest absolute Gasteiger partial charge is 0.307 e. The fourth-order valence-corrected chi connectivity index (χ4v) is 5.58. The zero-order valence-electron chi connectivity index (χ0n) is 17.3. The Hall–Kier alpha value is -1.77. The molecule has 0 aromatic carbocycles. The Morgan fingerprint density at radius 1 is 1.38 bits per heavy atom. The van der Waals surface area contributed by atoms with Crippen molar-refractivity contribution in [1.82, 2.24) is 14.8 Å². The van der Waals surface area contributed by atoms with Crippen LogP contribution in [-0.4, -0.2) is 65.5 Å². The molecule has 3 heterocycles. The lowest BCUT2D eigenvalue weighted by atomic mass is 10.2. The number of rotatable bonds is 9. The molecule has 0 N–H and O–H groups in total. The van der Waals surface area contributed by atoms with E-state index in [9.17, 15) is 9.59 Å². The Morgan fingerprint density at radius 3 is 2.90 bits per heavy atom. The molecule has 1 aliphatic rings. The second-order valence-corrected chi connectivity index (χ2v) is 9.09. The number of likely N-dealkylation sites (N-methyl/N-ethyl adjacent to an activating group) is 1. The van der Waals surface area contributed by atoms with Crippen molar-refractivity contribution in [3.8, 4) is 9.88 Å². The Labute approximate surface area is 180 Å². The number of aromatic nitrogens is 1. The lowest BCUT2D eigenvalue weighted by Crippen LogP contribution is -2.43. The second kappa shape index (κ2) is 10.3. The summed E-state index contributed by atoms with van der Waals surface area (Å²) in [5, 5.41) is 2.89. The third-order valence-corrected chi connectivity index (χ3v) is 7.42. The molecule has 1 unspecified atom stereocenters. The van der Waals surface area contributed by atoms with Crippen LogP contribution in [0.4, 0.5) is 0 Å². The zero-order chi connectivity index (χ0) is 20.8. The predicted molar refractivity (Wildman–Crippen MR) is 118 cm³/mol. The number of hydrogen-bond acceptors (Lipinski definition) is 7. The van der Waals surface area contributed by atoms with E-state index in [2.05, 4.69) is 16.8 Å². The van der Waals surface area contributed by atoms with Crippen molar-refractivity contribution >= 4 is 34.6 Å². The summed E-state index contributed by atoms with van der Waals surface area (Å²) < 4.78 is 5.07. The minimum atomic E-state index is -0.260. The zero-order valence-corrected chi connectivity index (χ0v) is 19.0. The number of hydrogen-bond donors (Lipinski definition) is 0. The maximum absolute atomic E-state index is 13.4. The number of thiazole rings is 1. The van der Waals surface area contributed by atoms with Crippen LogP contribution in [0.2, 0.25) is 0 Å². The van der Waals surface area contributed by atoms with Gasteiger partial charge in [0.15, 0.2) is 0 Å². The molecule has 1 fully saturated rings. The molecule has 0 bridgehead atoms. The average molecular weight is 436 g/mol. The number of ether oxygens (including phenoxy) is 1. The molecule has 3 rings (SSSR count). The Balaban J connectivity index is 1.78. The molecule has 1 amide bonds. The average Bonchev–Trinajstić information content (AvgIpc) is 3.45. The van der Waals surface area contributed by atoms with Crippen LogP contribution in [0.25, 0.3) is 9.88 Å². The highest BCUT2D eigenvalue weighted by molar-refractivity contribution is 7.22. The van der Waals surface area contributed by atoms with E-state index in [4.69, 9.17) is 4.74 Å². The lowest BCUT2D eigenvalue weighted by molar-refractivity contribution is -0.143. The van der Waals surface area contributed by atoms with Gasteiger partial charge in [0, 0.05) is 19.1 Å². The summed E-state index contributed by atoms with van der Waals surface area (Å²) in [6, 6.07) is 4.35. The number of likely N-dealkylation sites (tertiary alicyclic amines) is 1. The SMILES string of the molecule is CCOC(=O)CCN(CC1CCCN1CC)C(=O)c1sc(-c2cccs2)nc1C. The van der Waals surface area contributed by atoms with Crippen molar-refractivity contribution in [3.63, 3.8) is 0 Å². The van der Waals surface area contributed by atoms with Gasteiger partial charge in [-0.05, 0) is 51.2 Å². The Bertz CT molecular complexity index is 819. The number of carbonyl (C=O) groups is 2. The number of nitrogens with zero attached hydrogens (tertiary/aromatic N) is 3. The first kappa shape index (κ1) is 21.9. The van der Waals surface area contributed by atoms with E-state index >= 15 is 0 Å². The van der Waals surface area contributed by atoms with E-state index in [-0.39, 0.29) is 18.3 Å². The molecule has 1 aliphatic heterocycles. The van der Waals surface area contributed by atoms with E-state index < -0.39 is 0 Å². The predicted octanol–water partition coefficient (Wildman–Crippen LogP) is 4.06. The van der Waals surface area contributed by atoms with Crippen LogP contribution in [0.15, 0.2) is 17.5 Å². The molecule has 8 heteroatoms. The van der Waals surface area contributed by atoms with Crippen LogP contribution in [0.3, 0.4) is 0 Å². The molecule has 1 saturated heterocycles. The quantitative estimate of drug-likeness (QED) is 0.556. The summed E-state index contributed by atoms with van der Waals surface area (Å²) in [6.07, 6.45) is 2.45. The van der Waals surface area contributed by atoms with Crippen LogP contribution >= 0.6 is 22.7 Å². The van der Waals surface area contributed by atoms with E-state index in [0.717, 1.165) is 41.5 Å². The molecular formula is C21H29N3O3S2. The van der Waals surface area contributed by atoms with Gasteiger partial charge in [-0.25, -0.2) is 4.98 Å². The van der Waals surface area contributed by atoms with Gasteiger partial charge in [-0.1, -0.05) is 13.0 Å². The number of carbonyl (C=O) groups excluding carboxylic acids is 2.